The molecule has 0 saturated heterocycles. The van der Waals surface area contributed by atoms with Gasteiger partial charge in [0.1, 0.15) is 11.9 Å². The van der Waals surface area contributed by atoms with Gasteiger partial charge in [0, 0.05) is 21.1 Å². The fourth-order valence-corrected chi connectivity index (χ4v) is 2.55. The third-order valence-corrected chi connectivity index (χ3v) is 4.11. The first kappa shape index (κ1) is 18.8. The third kappa shape index (κ3) is 3.32. The van der Waals surface area contributed by atoms with Crippen molar-refractivity contribution in [1.82, 2.24) is 29.3 Å². The summed E-state index contributed by atoms with van der Waals surface area (Å²) in [5, 5.41) is 28.1. The molecule has 2 N–H and O–H groups in total. The van der Waals surface area contributed by atoms with Gasteiger partial charge in [-0.15, -0.1) is 0 Å². The van der Waals surface area contributed by atoms with Gasteiger partial charge in [0.15, 0.2) is 0 Å². The number of nitrogens with one attached hydrogen (secondary N) is 2. The molecule has 0 aromatic carbocycles. The van der Waals surface area contributed by atoms with E-state index in [4.69, 9.17) is 0 Å². The van der Waals surface area contributed by atoms with E-state index in [1.54, 1.807) is 18.7 Å². The quantitative estimate of drug-likeness (QED) is 0.480. The molecule has 0 aliphatic rings. The first-order chi connectivity index (χ1) is 13.2. The largest absolute Gasteiger partial charge is 0.320 e. The summed E-state index contributed by atoms with van der Waals surface area (Å²) < 4.78 is 4.04. The molecule has 3 aromatic heterocycles. The van der Waals surface area contributed by atoms with Crippen LogP contribution in [0.5, 0.6) is 0 Å². The van der Waals surface area contributed by atoms with Crippen molar-refractivity contribution in [3.8, 4) is 0 Å². The molecule has 0 aliphatic carbocycles. The van der Waals surface area contributed by atoms with E-state index in [0.717, 1.165) is 16.6 Å². The minimum absolute atomic E-state index is 0.0650. The van der Waals surface area contributed by atoms with Crippen LogP contribution in [0.15, 0.2) is 18.6 Å². The van der Waals surface area contributed by atoms with Crippen LogP contribution >= 0.6 is 0 Å². The molecule has 13 nitrogen and oxygen atoms in total. The van der Waals surface area contributed by atoms with Crippen LogP contribution in [-0.4, -0.2) is 46.1 Å². The summed E-state index contributed by atoms with van der Waals surface area (Å²) in [7, 11) is 4.73. The van der Waals surface area contributed by atoms with Crippen LogP contribution in [0.25, 0.3) is 0 Å². The standard InChI is InChI=1S/C15H17N9O4/c1-8-9(5-16-22(8)3)18-15(26)13-10(6-17-23(13)4)19-14(25)12-11(24(27)28)7-21(2)20-12/h5-7H,1-4H3,(H,18,26)(H,19,25). The lowest BCUT2D eigenvalue weighted by atomic mass is 10.3. The van der Waals surface area contributed by atoms with Crippen molar-refractivity contribution in [2.45, 2.75) is 6.92 Å². The summed E-state index contributed by atoms with van der Waals surface area (Å²) in [5.41, 5.74) is 0.588. The van der Waals surface area contributed by atoms with E-state index in [1.807, 2.05) is 0 Å². The lowest BCUT2D eigenvalue weighted by molar-refractivity contribution is -0.385. The summed E-state index contributed by atoms with van der Waals surface area (Å²) in [6.07, 6.45) is 3.90. The molecule has 0 saturated carbocycles. The van der Waals surface area contributed by atoms with Crippen LogP contribution in [-0.2, 0) is 21.1 Å². The second-order valence-electron chi connectivity index (χ2n) is 6.00. The molecule has 0 spiro atoms. The van der Waals surface area contributed by atoms with Gasteiger partial charge in [0.05, 0.1) is 34.4 Å². The Morgan fingerprint density at radius 2 is 1.64 bits per heavy atom. The lowest BCUT2D eigenvalue weighted by Crippen LogP contribution is -2.21. The van der Waals surface area contributed by atoms with Crippen LogP contribution in [0.2, 0.25) is 0 Å². The molecule has 0 fully saturated rings. The first-order valence-electron chi connectivity index (χ1n) is 8.00. The van der Waals surface area contributed by atoms with Gasteiger partial charge in [-0.3, -0.25) is 33.7 Å². The van der Waals surface area contributed by atoms with Gasteiger partial charge in [-0.05, 0) is 6.92 Å². The highest BCUT2D eigenvalue weighted by Gasteiger charge is 2.27. The van der Waals surface area contributed by atoms with Crippen LogP contribution in [0.1, 0.15) is 26.7 Å². The zero-order valence-corrected chi connectivity index (χ0v) is 15.5. The van der Waals surface area contributed by atoms with E-state index in [1.165, 1.54) is 31.2 Å². The first-order valence-corrected chi connectivity index (χ1v) is 8.00. The van der Waals surface area contributed by atoms with E-state index < -0.39 is 22.4 Å². The molecular weight excluding hydrogens is 370 g/mol. The molecule has 0 radical (unpaired) electrons. The molecule has 0 bridgehead atoms. The van der Waals surface area contributed by atoms with E-state index in [-0.39, 0.29) is 17.1 Å². The maximum atomic E-state index is 12.7. The Morgan fingerprint density at radius 3 is 2.25 bits per heavy atom. The van der Waals surface area contributed by atoms with Gasteiger partial charge in [-0.25, -0.2) is 0 Å². The fourth-order valence-electron chi connectivity index (χ4n) is 2.55. The predicted octanol–water partition coefficient (Wildman–Crippen LogP) is 0.608. The summed E-state index contributed by atoms with van der Waals surface area (Å²) in [6, 6.07) is 0. The Balaban J connectivity index is 1.87. The minimum atomic E-state index is -0.827. The van der Waals surface area contributed by atoms with E-state index in [0.29, 0.717) is 5.69 Å². The summed E-state index contributed by atoms with van der Waals surface area (Å²) >= 11 is 0. The molecule has 2 amide bonds. The second kappa shape index (κ2) is 6.94. The number of aromatic nitrogens is 6. The highest BCUT2D eigenvalue weighted by Crippen LogP contribution is 2.21. The van der Waals surface area contributed by atoms with Gasteiger partial charge >= 0.3 is 5.69 Å². The van der Waals surface area contributed by atoms with Crippen LogP contribution in [0.3, 0.4) is 0 Å². The molecular formula is C15H17N9O4. The molecule has 0 unspecified atom stereocenters. The summed E-state index contributed by atoms with van der Waals surface area (Å²) in [6.45, 7) is 1.79. The Labute approximate surface area is 158 Å². The normalized spacial score (nSPS) is 10.7. The topological polar surface area (TPSA) is 155 Å². The molecule has 0 aliphatic heterocycles. The van der Waals surface area contributed by atoms with E-state index in [9.17, 15) is 19.7 Å². The lowest BCUT2D eigenvalue weighted by Gasteiger charge is -2.08. The van der Waals surface area contributed by atoms with E-state index >= 15 is 0 Å². The van der Waals surface area contributed by atoms with Gasteiger partial charge in [0.2, 0.25) is 5.69 Å². The van der Waals surface area contributed by atoms with Crippen molar-refractivity contribution in [3.63, 3.8) is 0 Å². The highest BCUT2D eigenvalue weighted by molar-refractivity contribution is 6.12. The van der Waals surface area contributed by atoms with Gasteiger partial charge in [0.25, 0.3) is 11.8 Å². The number of carbonyl (C=O) groups excluding carboxylic acids is 2. The Hall–Kier alpha value is -4.03. The highest BCUT2D eigenvalue weighted by atomic mass is 16.6. The SMILES string of the molecule is Cc1c(NC(=O)c2c(NC(=O)c3nn(C)cc3[N+](=O)[O-])cnn2C)cnn1C. The Kier molecular flexibility index (Phi) is 4.65. The number of rotatable bonds is 5. The maximum absolute atomic E-state index is 12.7. The Bertz CT molecular complexity index is 1090. The van der Waals surface area contributed by atoms with Crippen LogP contribution in [0.4, 0.5) is 17.1 Å². The minimum Gasteiger partial charge on any atom is -0.318 e. The number of aryl methyl sites for hydroxylation is 3. The number of hydrogen-bond acceptors (Lipinski definition) is 7. The smallest absolute Gasteiger partial charge is 0.318 e. The summed E-state index contributed by atoms with van der Waals surface area (Å²) in [4.78, 5) is 35.6. The third-order valence-electron chi connectivity index (χ3n) is 4.11. The van der Waals surface area contributed by atoms with E-state index in [2.05, 4.69) is 25.9 Å². The molecule has 28 heavy (non-hydrogen) atoms. The second-order valence-corrected chi connectivity index (χ2v) is 6.00. The fraction of sp³-hybridized carbons (Fsp3) is 0.267. The number of anilines is 2. The van der Waals surface area contributed by atoms with Gasteiger partial charge < -0.3 is 10.6 Å². The molecule has 3 rings (SSSR count). The monoisotopic (exact) mass is 387 g/mol. The molecule has 0 atom stereocenters. The predicted molar refractivity (Wildman–Crippen MR) is 96.9 cm³/mol. The van der Waals surface area contributed by atoms with Crippen molar-refractivity contribution >= 4 is 28.9 Å². The molecule has 13 heteroatoms. The number of carbonyl (C=O) groups is 2. The average Bonchev–Trinajstić information content (AvgIpc) is 3.28. The maximum Gasteiger partial charge on any atom is 0.320 e. The molecule has 3 aromatic rings. The summed E-state index contributed by atoms with van der Waals surface area (Å²) in [5.74, 6) is -1.35. The number of nitro groups is 1. The number of amides is 2. The van der Waals surface area contributed by atoms with Crippen LogP contribution in [0, 0.1) is 17.0 Å². The number of nitrogens with zero attached hydrogens (tertiary/aromatic N) is 7. The van der Waals surface area contributed by atoms with Crippen LogP contribution < -0.4 is 10.6 Å². The van der Waals surface area contributed by atoms with Crippen molar-refractivity contribution in [1.29, 1.82) is 0 Å². The Morgan fingerprint density at radius 1 is 1.04 bits per heavy atom. The number of hydrogen-bond donors (Lipinski definition) is 2. The zero-order valence-electron chi connectivity index (χ0n) is 15.5. The molecule has 146 valence electrons. The van der Waals surface area contributed by atoms with Crippen molar-refractivity contribution in [2.24, 2.45) is 21.1 Å². The van der Waals surface area contributed by atoms with Crippen molar-refractivity contribution < 1.29 is 14.5 Å². The zero-order chi connectivity index (χ0) is 20.6. The van der Waals surface area contributed by atoms with Gasteiger partial charge in [-0.2, -0.15) is 15.3 Å². The van der Waals surface area contributed by atoms with Crippen molar-refractivity contribution in [2.75, 3.05) is 10.6 Å². The molecule has 3 heterocycles. The van der Waals surface area contributed by atoms with Crippen molar-refractivity contribution in [3.05, 3.63) is 45.8 Å². The average molecular weight is 387 g/mol. The van der Waals surface area contributed by atoms with Gasteiger partial charge in [-0.1, -0.05) is 0 Å².